The molecule has 25 heavy (non-hydrogen) atoms. The Morgan fingerprint density at radius 2 is 1.96 bits per heavy atom. The highest BCUT2D eigenvalue weighted by atomic mass is 16.4. The largest absolute Gasteiger partial charge is 0.545 e. The predicted octanol–water partition coefficient (Wildman–Crippen LogP) is 1.24. The zero-order valence-corrected chi connectivity index (χ0v) is 14.7. The topological polar surface area (TPSA) is 85.6 Å². The van der Waals surface area contributed by atoms with Crippen molar-refractivity contribution in [1.82, 2.24) is 9.55 Å². The van der Waals surface area contributed by atoms with Crippen molar-refractivity contribution in [2.45, 2.75) is 33.2 Å². The molecule has 0 amide bonds. The number of hydrogen-bond acceptors (Lipinski definition) is 3. The van der Waals surface area contributed by atoms with E-state index in [4.69, 9.17) is 4.98 Å². The fourth-order valence-corrected chi connectivity index (χ4v) is 3.06. The van der Waals surface area contributed by atoms with E-state index in [1.165, 1.54) is 11.1 Å². The molecule has 1 aromatic heterocycles. The molecular formula is C20H23N3O2. The summed E-state index contributed by atoms with van der Waals surface area (Å²) in [6.07, 6.45) is 1.83. The Bertz CT molecular complexity index is 928. The smallest absolute Gasteiger partial charge is 0.110 e. The van der Waals surface area contributed by atoms with Crippen molar-refractivity contribution in [3.8, 4) is 0 Å². The second kappa shape index (κ2) is 7.07. The molecule has 0 spiro atoms. The number of imidazole rings is 1. The predicted molar refractivity (Wildman–Crippen MR) is 95.2 cm³/mol. The molecular weight excluding hydrogens is 314 g/mol. The summed E-state index contributed by atoms with van der Waals surface area (Å²) in [4.78, 5) is 15.9. The van der Waals surface area contributed by atoms with Crippen molar-refractivity contribution in [2.24, 2.45) is 0 Å². The van der Waals surface area contributed by atoms with Gasteiger partial charge in [-0.2, -0.15) is 0 Å². The summed E-state index contributed by atoms with van der Waals surface area (Å²) < 4.78 is 2.19. The lowest BCUT2D eigenvalue weighted by Crippen LogP contribution is -2.50. The van der Waals surface area contributed by atoms with Gasteiger partial charge in [-0.3, -0.25) is 0 Å². The maximum absolute atomic E-state index is 11.1. The van der Waals surface area contributed by atoms with Crippen LogP contribution < -0.4 is 10.8 Å². The molecule has 2 aromatic carbocycles. The van der Waals surface area contributed by atoms with E-state index in [1.54, 1.807) is 18.2 Å². The summed E-state index contributed by atoms with van der Waals surface area (Å²) in [5.74, 6) is -0.136. The van der Waals surface area contributed by atoms with Crippen molar-refractivity contribution in [3.63, 3.8) is 0 Å². The number of aromatic nitrogens is 2. The number of carbonyl (C=O) groups is 1. The number of carboxylic acids is 1. The Morgan fingerprint density at radius 3 is 2.68 bits per heavy atom. The minimum atomic E-state index is -1.15. The summed E-state index contributed by atoms with van der Waals surface area (Å²) in [7, 11) is 0. The second-order valence-electron chi connectivity index (χ2n) is 6.48. The lowest BCUT2D eigenvalue weighted by Gasteiger charge is -2.11. The first kappa shape index (κ1) is 17.2. The van der Waals surface area contributed by atoms with E-state index >= 15 is 0 Å². The van der Waals surface area contributed by atoms with Crippen LogP contribution >= 0.6 is 0 Å². The second-order valence-corrected chi connectivity index (χ2v) is 6.48. The summed E-state index contributed by atoms with van der Waals surface area (Å²) in [5, 5.41) is 11.1. The first-order valence-electron chi connectivity index (χ1n) is 8.55. The van der Waals surface area contributed by atoms with Gasteiger partial charge in [0.2, 0.25) is 0 Å². The molecule has 0 atom stereocenters. The van der Waals surface area contributed by atoms with Gasteiger partial charge in [-0.1, -0.05) is 18.2 Å². The number of quaternary nitrogens is 1. The van der Waals surface area contributed by atoms with Crippen LogP contribution in [-0.2, 0) is 13.0 Å². The van der Waals surface area contributed by atoms with Crippen LogP contribution in [-0.4, -0.2) is 22.1 Å². The van der Waals surface area contributed by atoms with Gasteiger partial charge in [0.05, 0.1) is 23.5 Å². The van der Waals surface area contributed by atoms with Crippen LogP contribution in [0.15, 0.2) is 36.4 Å². The molecule has 0 aliphatic heterocycles. The molecule has 5 heteroatoms. The molecule has 1 heterocycles. The molecule has 0 saturated carbocycles. The Labute approximate surface area is 147 Å². The molecule has 0 bridgehead atoms. The van der Waals surface area contributed by atoms with Crippen LogP contribution in [0, 0.1) is 13.8 Å². The van der Waals surface area contributed by atoms with Crippen LogP contribution in [0.4, 0.5) is 0 Å². The number of hydrogen-bond donors (Lipinski definition) is 1. The quantitative estimate of drug-likeness (QED) is 0.734. The lowest BCUT2D eigenvalue weighted by molar-refractivity contribution is -0.368. The number of benzene rings is 2. The average Bonchev–Trinajstić information content (AvgIpc) is 2.90. The van der Waals surface area contributed by atoms with E-state index in [2.05, 4.69) is 36.3 Å². The number of fused-ring (bicyclic) bond motifs is 1. The zero-order chi connectivity index (χ0) is 18.0. The number of nitrogens with zero attached hydrogens (tertiary/aromatic N) is 2. The maximum Gasteiger partial charge on any atom is 0.110 e. The van der Waals surface area contributed by atoms with Crippen molar-refractivity contribution >= 4 is 17.0 Å². The molecule has 3 N–H and O–H groups in total. The fourth-order valence-electron chi connectivity index (χ4n) is 3.06. The monoisotopic (exact) mass is 337 g/mol. The van der Waals surface area contributed by atoms with E-state index < -0.39 is 5.97 Å². The van der Waals surface area contributed by atoms with Gasteiger partial charge in [0.15, 0.2) is 0 Å². The van der Waals surface area contributed by atoms with Crippen molar-refractivity contribution in [3.05, 3.63) is 64.5 Å². The minimum absolute atomic E-state index is 0.202. The van der Waals surface area contributed by atoms with E-state index in [-0.39, 0.29) is 5.56 Å². The molecule has 0 aliphatic rings. The molecule has 130 valence electrons. The first-order chi connectivity index (χ1) is 12.0. The van der Waals surface area contributed by atoms with Crippen LogP contribution in [0.5, 0.6) is 0 Å². The standard InChI is InChI=1S/C20H23N3O2/c1-13-9-17-18(10-14(13)2)23(19(22-17)7-4-8-21)12-15-5-3-6-16(11-15)20(24)25/h3,5-6,9-11H,4,7-8,12,21H2,1-2H3,(H,24,25). The lowest BCUT2D eigenvalue weighted by atomic mass is 10.1. The van der Waals surface area contributed by atoms with Gasteiger partial charge >= 0.3 is 0 Å². The van der Waals surface area contributed by atoms with Gasteiger partial charge in [0.25, 0.3) is 0 Å². The Balaban J connectivity index is 2.07. The molecule has 0 unspecified atom stereocenters. The highest BCUT2D eigenvalue weighted by Crippen LogP contribution is 2.23. The zero-order valence-electron chi connectivity index (χ0n) is 14.7. The molecule has 5 nitrogen and oxygen atoms in total. The molecule has 3 aromatic rings. The Hall–Kier alpha value is -2.66. The third-order valence-corrected chi connectivity index (χ3v) is 4.60. The van der Waals surface area contributed by atoms with E-state index in [0.29, 0.717) is 6.54 Å². The molecule has 0 saturated heterocycles. The summed E-state index contributed by atoms with van der Waals surface area (Å²) in [5.41, 5.74) is 9.56. The van der Waals surface area contributed by atoms with Gasteiger partial charge in [-0.15, -0.1) is 0 Å². The highest BCUT2D eigenvalue weighted by Gasteiger charge is 2.13. The normalized spacial score (nSPS) is 11.2. The minimum Gasteiger partial charge on any atom is -0.545 e. The first-order valence-corrected chi connectivity index (χ1v) is 8.55. The molecule has 0 aliphatic carbocycles. The SMILES string of the molecule is Cc1cc2nc(CCC[NH3+])n(Cc3cccc(C(=O)[O-])c3)c2cc1C. The number of carbonyl (C=O) groups excluding carboxylic acids is 1. The Kier molecular flexibility index (Phi) is 4.86. The van der Waals surface area contributed by atoms with Crippen molar-refractivity contribution in [2.75, 3.05) is 6.54 Å². The van der Waals surface area contributed by atoms with Crippen LogP contribution in [0.1, 0.15) is 39.3 Å². The highest BCUT2D eigenvalue weighted by molar-refractivity contribution is 5.86. The van der Waals surface area contributed by atoms with E-state index in [0.717, 1.165) is 41.8 Å². The molecule has 0 fully saturated rings. The number of aromatic carboxylic acids is 1. The van der Waals surface area contributed by atoms with Crippen LogP contribution in [0.2, 0.25) is 0 Å². The summed E-state index contributed by atoms with van der Waals surface area (Å²) in [6, 6.07) is 11.2. The Morgan fingerprint density at radius 1 is 1.20 bits per heavy atom. The van der Waals surface area contributed by atoms with E-state index in [1.807, 2.05) is 6.07 Å². The third-order valence-electron chi connectivity index (χ3n) is 4.60. The van der Waals surface area contributed by atoms with E-state index in [9.17, 15) is 9.90 Å². The van der Waals surface area contributed by atoms with Crippen LogP contribution in [0.25, 0.3) is 11.0 Å². The van der Waals surface area contributed by atoms with Crippen molar-refractivity contribution < 1.29 is 15.6 Å². The fraction of sp³-hybridized carbons (Fsp3) is 0.300. The molecule has 0 radical (unpaired) electrons. The number of carboxylic acid groups (broad SMARTS) is 1. The number of rotatable bonds is 6. The van der Waals surface area contributed by atoms with Gasteiger partial charge in [-0.05, 0) is 54.3 Å². The van der Waals surface area contributed by atoms with Crippen molar-refractivity contribution in [1.29, 1.82) is 0 Å². The van der Waals surface area contributed by atoms with Gasteiger partial charge < -0.3 is 20.2 Å². The average molecular weight is 337 g/mol. The molecule has 3 rings (SSSR count). The third kappa shape index (κ3) is 3.56. The van der Waals surface area contributed by atoms with Gasteiger partial charge in [-0.25, -0.2) is 4.98 Å². The summed E-state index contributed by atoms with van der Waals surface area (Å²) in [6.45, 7) is 5.64. The van der Waals surface area contributed by atoms with Gasteiger partial charge in [0, 0.05) is 19.4 Å². The maximum atomic E-state index is 11.1. The summed E-state index contributed by atoms with van der Waals surface area (Å²) >= 11 is 0. The van der Waals surface area contributed by atoms with Gasteiger partial charge in [0.1, 0.15) is 5.82 Å². The van der Waals surface area contributed by atoms with Crippen LogP contribution in [0.3, 0.4) is 0 Å². The number of aryl methyl sites for hydroxylation is 3.